The number of alkyl halides is 3. The van der Waals surface area contributed by atoms with Crippen molar-refractivity contribution in [2.75, 3.05) is 19.7 Å². The zero-order valence-electron chi connectivity index (χ0n) is 13.9. The van der Waals surface area contributed by atoms with E-state index in [1.807, 2.05) is 12.1 Å². The van der Waals surface area contributed by atoms with E-state index in [1.165, 1.54) is 6.42 Å². The SMILES string of the molecule is CC1CCCN(C(N)=NCc2ccc(COCC(F)(F)F)cc2)C1. The Morgan fingerprint density at radius 3 is 2.58 bits per heavy atom. The van der Waals surface area contributed by atoms with Crippen LogP contribution in [0.15, 0.2) is 29.3 Å². The van der Waals surface area contributed by atoms with Crippen molar-refractivity contribution in [3.63, 3.8) is 0 Å². The number of piperidine rings is 1. The number of halogens is 3. The molecule has 1 fully saturated rings. The van der Waals surface area contributed by atoms with Gasteiger partial charge >= 0.3 is 6.18 Å². The molecule has 2 N–H and O–H groups in total. The first-order valence-corrected chi connectivity index (χ1v) is 8.10. The maximum Gasteiger partial charge on any atom is 0.411 e. The molecule has 0 aliphatic carbocycles. The Bertz CT molecular complexity index is 543. The van der Waals surface area contributed by atoms with Gasteiger partial charge in [0.25, 0.3) is 0 Å². The second kappa shape index (κ2) is 8.37. The van der Waals surface area contributed by atoms with Crippen molar-refractivity contribution >= 4 is 5.96 Å². The lowest BCUT2D eigenvalue weighted by molar-refractivity contribution is -0.176. The maximum atomic E-state index is 12.0. The number of ether oxygens (including phenoxy) is 1. The Morgan fingerprint density at radius 1 is 1.29 bits per heavy atom. The second-order valence-corrected chi connectivity index (χ2v) is 6.29. The van der Waals surface area contributed by atoms with Gasteiger partial charge in [0, 0.05) is 13.1 Å². The predicted octanol–water partition coefficient (Wildman–Crippen LogP) is 3.31. The Kier molecular flexibility index (Phi) is 6.48. The van der Waals surface area contributed by atoms with E-state index in [9.17, 15) is 13.2 Å². The van der Waals surface area contributed by atoms with E-state index in [0.29, 0.717) is 24.0 Å². The maximum absolute atomic E-state index is 12.0. The van der Waals surface area contributed by atoms with Crippen molar-refractivity contribution in [1.29, 1.82) is 0 Å². The second-order valence-electron chi connectivity index (χ2n) is 6.29. The van der Waals surface area contributed by atoms with Crippen molar-refractivity contribution in [3.8, 4) is 0 Å². The fraction of sp³-hybridized carbons (Fsp3) is 0.588. The van der Waals surface area contributed by atoms with Gasteiger partial charge in [-0.1, -0.05) is 31.2 Å². The van der Waals surface area contributed by atoms with Crippen LogP contribution in [0.1, 0.15) is 30.9 Å². The summed E-state index contributed by atoms with van der Waals surface area (Å²) in [5.74, 6) is 1.18. The van der Waals surface area contributed by atoms with Crippen molar-refractivity contribution in [2.45, 2.75) is 39.1 Å². The summed E-state index contributed by atoms with van der Waals surface area (Å²) in [6.07, 6.45) is -1.94. The lowest BCUT2D eigenvalue weighted by Gasteiger charge is -2.31. The van der Waals surface area contributed by atoms with Crippen molar-refractivity contribution in [2.24, 2.45) is 16.6 Å². The smallest absolute Gasteiger partial charge is 0.370 e. The molecule has 1 aromatic rings. The first-order chi connectivity index (χ1) is 11.3. The number of guanidine groups is 1. The molecule has 1 aromatic carbocycles. The monoisotopic (exact) mass is 343 g/mol. The summed E-state index contributed by atoms with van der Waals surface area (Å²) in [5.41, 5.74) is 7.70. The lowest BCUT2D eigenvalue weighted by atomic mass is 10.0. The van der Waals surface area contributed by atoms with Crippen molar-refractivity contribution < 1.29 is 17.9 Å². The molecule has 24 heavy (non-hydrogen) atoms. The van der Waals surface area contributed by atoms with Crippen LogP contribution in [-0.2, 0) is 17.9 Å². The summed E-state index contributed by atoms with van der Waals surface area (Å²) in [5, 5.41) is 0. The molecule has 0 radical (unpaired) electrons. The van der Waals surface area contributed by atoms with E-state index < -0.39 is 12.8 Å². The Labute approximate surface area is 140 Å². The largest absolute Gasteiger partial charge is 0.411 e. The van der Waals surface area contributed by atoms with Gasteiger partial charge in [0.2, 0.25) is 0 Å². The Morgan fingerprint density at radius 2 is 1.96 bits per heavy atom. The van der Waals surface area contributed by atoms with Gasteiger partial charge in [-0.3, -0.25) is 0 Å². The Hall–Kier alpha value is -1.76. The molecule has 0 aromatic heterocycles. The van der Waals surface area contributed by atoms with Gasteiger partial charge < -0.3 is 15.4 Å². The summed E-state index contributed by atoms with van der Waals surface area (Å²) in [6, 6.07) is 7.17. The van der Waals surface area contributed by atoms with Crippen LogP contribution < -0.4 is 5.73 Å². The van der Waals surface area contributed by atoms with E-state index in [2.05, 4.69) is 21.6 Å². The van der Waals surface area contributed by atoms with E-state index in [-0.39, 0.29) is 6.61 Å². The minimum Gasteiger partial charge on any atom is -0.370 e. The average molecular weight is 343 g/mol. The summed E-state index contributed by atoms with van der Waals surface area (Å²) in [6.45, 7) is 3.25. The molecule has 1 atom stereocenters. The van der Waals surface area contributed by atoms with Gasteiger partial charge in [-0.05, 0) is 29.9 Å². The summed E-state index contributed by atoms with van der Waals surface area (Å²) < 4.78 is 40.7. The first-order valence-electron chi connectivity index (χ1n) is 8.10. The van der Waals surface area contributed by atoms with Crippen LogP contribution in [-0.4, -0.2) is 36.7 Å². The molecule has 0 bridgehead atoms. The topological polar surface area (TPSA) is 50.8 Å². The zero-order chi connectivity index (χ0) is 17.6. The summed E-state index contributed by atoms with van der Waals surface area (Å²) >= 11 is 0. The molecule has 1 saturated heterocycles. The van der Waals surface area contributed by atoms with E-state index in [1.54, 1.807) is 12.1 Å². The van der Waals surface area contributed by atoms with Crippen LogP contribution in [0.5, 0.6) is 0 Å². The first kappa shape index (κ1) is 18.6. The van der Waals surface area contributed by atoms with Crippen LogP contribution in [0.25, 0.3) is 0 Å². The molecular weight excluding hydrogens is 319 g/mol. The molecule has 1 aliphatic heterocycles. The number of benzene rings is 1. The molecule has 1 aliphatic rings. The molecule has 4 nitrogen and oxygen atoms in total. The van der Waals surface area contributed by atoms with Crippen LogP contribution in [0.3, 0.4) is 0 Å². The van der Waals surface area contributed by atoms with E-state index in [4.69, 9.17) is 5.73 Å². The zero-order valence-corrected chi connectivity index (χ0v) is 13.9. The summed E-state index contributed by atoms with van der Waals surface area (Å²) in [4.78, 5) is 6.52. The van der Waals surface area contributed by atoms with Gasteiger partial charge in [-0.25, -0.2) is 4.99 Å². The van der Waals surface area contributed by atoms with Gasteiger partial charge in [0.1, 0.15) is 6.61 Å². The average Bonchev–Trinajstić information content (AvgIpc) is 2.52. The molecule has 7 heteroatoms. The highest BCUT2D eigenvalue weighted by molar-refractivity contribution is 5.78. The van der Waals surface area contributed by atoms with Crippen LogP contribution in [0, 0.1) is 5.92 Å². The minimum absolute atomic E-state index is 0.0587. The molecule has 1 heterocycles. The number of aliphatic imine (C=N–C) groups is 1. The third kappa shape index (κ3) is 6.39. The van der Waals surface area contributed by atoms with Crippen molar-refractivity contribution in [1.82, 2.24) is 4.90 Å². The minimum atomic E-state index is -4.29. The van der Waals surface area contributed by atoms with E-state index in [0.717, 1.165) is 25.1 Å². The number of rotatable bonds is 5. The fourth-order valence-corrected chi connectivity index (χ4v) is 2.70. The molecule has 0 spiro atoms. The molecule has 134 valence electrons. The van der Waals surface area contributed by atoms with Gasteiger partial charge in [0.15, 0.2) is 5.96 Å². The normalized spacial score (nSPS) is 19.6. The number of hydrogen-bond donors (Lipinski definition) is 1. The highest BCUT2D eigenvalue weighted by Gasteiger charge is 2.27. The molecule has 2 rings (SSSR count). The van der Waals surface area contributed by atoms with Crippen molar-refractivity contribution in [3.05, 3.63) is 35.4 Å². The number of nitrogens with two attached hydrogens (primary N) is 1. The van der Waals surface area contributed by atoms with Gasteiger partial charge in [-0.15, -0.1) is 0 Å². The predicted molar refractivity (Wildman–Crippen MR) is 87.5 cm³/mol. The highest BCUT2D eigenvalue weighted by Crippen LogP contribution is 2.17. The number of nitrogens with zero attached hydrogens (tertiary/aromatic N) is 2. The molecular formula is C17H24F3N3O. The van der Waals surface area contributed by atoms with Crippen LogP contribution in [0.4, 0.5) is 13.2 Å². The lowest BCUT2D eigenvalue weighted by Crippen LogP contribution is -2.43. The standard InChI is InChI=1S/C17H24F3N3O/c1-13-3-2-8-23(10-13)16(21)22-9-14-4-6-15(7-5-14)11-24-12-17(18,19)20/h4-7,13H,2-3,8-12H2,1H3,(H2,21,22). The third-order valence-corrected chi connectivity index (χ3v) is 3.96. The fourth-order valence-electron chi connectivity index (χ4n) is 2.70. The molecule has 1 unspecified atom stereocenters. The highest BCUT2D eigenvalue weighted by atomic mass is 19.4. The quantitative estimate of drug-likeness (QED) is 0.659. The number of hydrogen-bond acceptors (Lipinski definition) is 2. The molecule has 0 amide bonds. The van der Waals surface area contributed by atoms with Crippen LogP contribution in [0.2, 0.25) is 0 Å². The van der Waals surface area contributed by atoms with Crippen LogP contribution >= 0.6 is 0 Å². The van der Waals surface area contributed by atoms with E-state index >= 15 is 0 Å². The Balaban J connectivity index is 1.81. The van der Waals surface area contributed by atoms with Gasteiger partial charge in [0.05, 0.1) is 13.2 Å². The number of likely N-dealkylation sites (tertiary alicyclic amines) is 1. The molecule has 0 saturated carbocycles. The third-order valence-electron chi connectivity index (χ3n) is 3.96. The summed E-state index contributed by atoms with van der Waals surface area (Å²) in [7, 11) is 0. The van der Waals surface area contributed by atoms with Gasteiger partial charge in [-0.2, -0.15) is 13.2 Å².